The summed E-state index contributed by atoms with van der Waals surface area (Å²) in [6.45, 7) is 3.22. The van der Waals surface area contributed by atoms with Crippen molar-refractivity contribution in [1.29, 1.82) is 0 Å². The number of rotatable bonds is 8. The highest BCUT2D eigenvalue weighted by Crippen LogP contribution is 2.15. The zero-order chi connectivity index (χ0) is 28.2. The highest BCUT2D eigenvalue weighted by molar-refractivity contribution is 6.27. The maximum Gasteiger partial charge on any atom is 0.414 e. The second-order valence-corrected chi connectivity index (χ2v) is 8.77. The molecule has 0 aliphatic carbocycles. The van der Waals surface area contributed by atoms with Crippen molar-refractivity contribution < 1.29 is 28.6 Å². The number of aromatic amines is 2. The molecule has 0 aliphatic rings. The molecule has 6 N–H and O–H groups in total. The number of benzene rings is 2. The third-order valence-electron chi connectivity index (χ3n) is 5.84. The van der Waals surface area contributed by atoms with E-state index in [2.05, 4.69) is 69.1 Å². The van der Waals surface area contributed by atoms with E-state index in [4.69, 9.17) is 28.6 Å². The third kappa shape index (κ3) is 8.48. The molecule has 0 radical (unpaired) electrons. The van der Waals surface area contributed by atoms with Crippen LogP contribution in [0.2, 0.25) is 0 Å². The summed E-state index contributed by atoms with van der Waals surface area (Å²) >= 11 is 0. The van der Waals surface area contributed by atoms with Crippen LogP contribution in [0.25, 0.3) is 21.8 Å². The van der Waals surface area contributed by atoms with E-state index in [0.717, 1.165) is 37.7 Å². The van der Waals surface area contributed by atoms with Crippen molar-refractivity contribution in [2.24, 2.45) is 0 Å². The highest BCUT2D eigenvalue weighted by Gasteiger charge is 2.04. The molecule has 10 nitrogen and oxygen atoms in total. The smallest absolute Gasteiger partial charge is 0.414 e. The van der Waals surface area contributed by atoms with Crippen molar-refractivity contribution in [1.82, 2.24) is 20.6 Å². The van der Waals surface area contributed by atoms with Gasteiger partial charge in [0.25, 0.3) is 0 Å². The fourth-order valence-electron chi connectivity index (χ4n) is 3.91. The zero-order valence-corrected chi connectivity index (χ0v) is 21.6. The molecule has 6 aromatic rings. The fourth-order valence-corrected chi connectivity index (χ4v) is 3.91. The summed E-state index contributed by atoms with van der Waals surface area (Å²) in [5, 5.41) is 24.0. The van der Waals surface area contributed by atoms with Crippen LogP contribution in [-0.2, 0) is 35.8 Å². The van der Waals surface area contributed by atoms with Gasteiger partial charge in [-0.1, -0.05) is 12.1 Å². The number of aromatic nitrogens is 2. The summed E-state index contributed by atoms with van der Waals surface area (Å²) in [5.74, 6) is -1.72. The van der Waals surface area contributed by atoms with Gasteiger partial charge in [-0.3, -0.25) is 0 Å². The van der Waals surface area contributed by atoms with Crippen molar-refractivity contribution in [3.63, 3.8) is 0 Å². The quantitative estimate of drug-likeness (QED) is 0.142. The first-order valence-corrected chi connectivity index (χ1v) is 12.5. The molecular weight excluding hydrogens is 512 g/mol. The van der Waals surface area contributed by atoms with E-state index in [-0.39, 0.29) is 0 Å². The number of carboxylic acids is 2. The van der Waals surface area contributed by atoms with E-state index in [1.54, 1.807) is 12.5 Å². The molecule has 10 heteroatoms. The van der Waals surface area contributed by atoms with Crippen LogP contribution in [-0.4, -0.2) is 32.1 Å². The van der Waals surface area contributed by atoms with Crippen LogP contribution in [0.4, 0.5) is 0 Å². The van der Waals surface area contributed by atoms with E-state index in [1.165, 1.54) is 32.9 Å². The first kappa shape index (κ1) is 28.0. The second kappa shape index (κ2) is 14.2. The Hall–Kier alpha value is -5.06. The minimum Gasteiger partial charge on any atom is -0.473 e. The van der Waals surface area contributed by atoms with Crippen molar-refractivity contribution in [2.75, 3.05) is 0 Å². The fraction of sp³-hybridized carbons (Fsp3) is 0.133. The summed E-state index contributed by atoms with van der Waals surface area (Å²) in [6, 6.07) is 24.8. The topological polar surface area (TPSA) is 157 Å². The first-order chi connectivity index (χ1) is 19.5. The van der Waals surface area contributed by atoms with Gasteiger partial charge in [0, 0.05) is 36.5 Å². The Kier molecular flexibility index (Phi) is 9.92. The number of nitrogens with one attached hydrogen (secondary N) is 4. The van der Waals surface area contributed by atoms with Gasteiger partial charge in [0.1, 0.15) is 11.5 Å². The minimum absolute atomic E-state index is 0.762. The maximum absolute atomic E-state index is 9.10. The summed E-state index contributed by atoms with van der Waals surface area (Å²) in [5.41, 5.74) is 4.92. The number of hydrogen-bond acceptors (Lipinski definition) is 6. The van der Waals surface area contributed by atoms with Gasteiger partial charge < -0.3 is 39.6 Å². The Morgan fingerprint density at radius 1 is 0.625 bits per heavy atom. The van der Waals surface area contributed by atoms with Crippen LogP contribution in [0.3, 0.4) is 0 Å². The molecule has 0 saturated heterocycles. The lowest BCUT2D eigenvalue weighted by molar-refractivity contribution is -0.159. The van der Waals surface area contributed by atoms with Crippen LogP contribution >= 0.6 is 0 Å². The molecule has 0 bridgehead atoms. The first-order valence-electron chi connectivity index (χ1n) is 12.5. The second-order valence-electron chi connectivity index (χ2n) is 8.77. The molecule has 0 fully saturated rings. The van der Waals surface area contributed by atoms with Gasteiger partial charge in [0.05, 0.1) is 25.6 Å². The third-order valence-corrected chi connectivity index (χ3v) is 5.84. The molecule has 206 valence electrons. The van der Waals surface area contributed by atoms with Crippen LogP contribution < -0.4 is 10.6 Å². The number of H-pyrrole nitrogens is 2. The number of carboxylic acid groups (broad SMARTS) is 2. The SMILES string of the molecule is O=C(O)C(=O)O.c1coc(CNCc2ccc3[nH]ccc3c2)c1.c1coc(CNCc2ccc3[nH]ccc3c2)c1. The standard InChI is InChI=1S/2C14H14N2O.C2H2O4/c2*1-2-13(17-7-1)10-15-9-11-3-4-14-12(8-11)5-6-16-14;3-1(4)2(5)6/h2*1-8,15-16H,9-10H2;(H,3,4)(H,5,6). The van der Waals surface area contributed by atoms with Gasteiger partial charge in [0.2, 0.25) is 0 Å². The molecule has 0 atom stereocenters. The van der Waals surface area contributed by atoms with Crippen LogP contribution in [0.5, 0.6) is 0 Å². The average Bonchev–Trinajstić information content (AvgIpc) is 3.77. The number of carbonyl (C=O) groups is 2. The Bertz CT molecular complexity index is 1490. The van der Waals surface area contributed by atoms with E-state index < -0.39 is 11.9 Å². The normalized spacial score (nSPS) is 10.5. The van der Waals surface area contributed by atoms with Gasteiger partial charge in [-0.05, 0) is 82.6 Å². The predicted octanol–water partition coefficient (Wildman–Crippen LogP) is 5.26. The summed E-state index contributed by atoms with van der Waals surface area (Å²) in [6.07, 6.45) is 7.32. The largest absolute Gasteiger partial charge is 0.473 e. The Balaban J connectivity index is 0.000000155. The van der Waals surface area contributed by atoms with Crippen molar-refractivity contribution >= 4 is 33.7 Å². The molecule has 4 heterocycles. The number of aliphatic carboxylic acids is 2. The Morgan fingerprint density at radius 3 is 1.45 bits per heavy atom. The summed E-state index contributed by atoms with van der Waals surface area (Å²) in [7, 11) is 0. The van der Waals surface area contributed by atoms with E-state index in [9.17, 15) is 0 Å². The summed E-state index contributed by atoms with van der Waals surface area (Å²) < 4.78 is 10.5. The predicted molar refractivity (Wildman–Crippen MR) is 150 cm³/mol. The van der Waals surface area contributed by atoms with Gasteiger partial charge in [-0.25, -0.2) is 9.59 Å². The summed E-state index contributed by atoms with van der Waals surface area (Å²) in [4.78, 5) is 24.6. The van der Waals surface area contributed by atoms with Gasteiger partial charge in [0.15, 0.2) is 0 Å². The molecule has 4 aromatic heterocycles. The lowest BCUT2D eigenvalue weighted by Crippen LogP contribution is -2.11. The highest BCUT2D eigenvalue weighted by atomic mass is 16.4. The molecule has 0 aliphatic heterocycles. The number of furan rings is 2. The van der Waals surface area contributed by atoms with Crippen molar-refractivity contribution in [3.8, 4) is 0 Å². The molecule has 0 spiro atoms. The zero-order valence-electron chi connectivity index (χ0n) is 21.6. The molecule has 40 heavy (non-hydrogen) atoms. The lowest BCUT2D eigenvalue weighted by Gasteiger charge is -2.03. The van der Waals surface area contributed by atoms with E-state index >= 15 is 0 Å². The van der Waals surface area contributed by atoms with E-state index in [0.29, 0.717) is 0 Å². The molecule has 0 amide bonds. The average molecular weight is 543 g/mol. The number of hydrogen-bond donors (Lipinski definition) is 6. The molecule has 0 unspecified atom stereocenters. The lowest BCUT2D eigenvalue weighted by atomic mass is 10.1. The Labute approximate surface area is 229 Å². The van der Waals surface area contributed by atoms with Crippen LogP contribution in [0, 0.1) is 0 Å². The monoisotopic (exact) mass is 542 g/mol. The van der Waals surface area contributed by atoms with Gasteiger partial charge >= 0.3 is 11.9 Å². The van der Waals surface area contributed by atoms with Crippen molar-refractivity contribution in [3.05, 3.63) is 120 Å². The maximum atomic E-state index is 9.10. The van der Waals surface area contributed by atoms with Gasteiger partial charge in [-0.2, -0.15) is 0 Å². The molecule has 2 aromatic carbocycles. The number of fused-ring (bicyclic) bond motifs is 2. The molecule has 6 rings (SSSR count). The van der Waals surface area contributed by atoms with E-state index in [1.807, 2.05) is 36.7 Å². The van der Waals surface area contributed by atoms with Gasteiger partial charge in [-0.15, -0.1) is 0 Å². The molecule has 0 saturated carbocycles. The van der Waals surface area contributed by atoms with Crippen LogP contribution in [0.1, 0.15) is 22.6 Å². The van der Waals surface area contributed by atoms with Crippen molar-refractivity contribution in [2.45, 2.75) is 26.2 Å². The minimum atomic E-state index is -1.82. The van der Waals surface area contributed by atoms with Crippen LogP contribution in [0.15, 0.2) is 107 Å². The Morgan fingerprint density at radius 2 is 1.07 bits per heavy atom. The molecular formula is C30H30N4O6.